The van der Waals surface area contributed by atoms with Gasteiger partial charge in [0.25, 0.3) is 0 Å². The van der Waals surface area contributed by atoms with E-state index in [9.17, 15) is 5.11 Å². The van der Waals surface area contributed by atoms with E-state index in [1.165, 1.54) is 18.4 Å². The molecule has 0 amide bonds. The molecule has 1 N–H and O–H groups in total. The third-order valence-corrected chi connectivity index (χ3v) is 5.96. The van der Waals surface area contributed by atoms with Crippen LogP contribution in [0.15, 0.2) is 12.4 Å². The molecule has 0 aliphatic carbocycles. The summed E-state index contributed by atoms with van der Waals surface area (Å²) in [6.45, 7) is 5.38. The predicted molar refractivity (Wildman–Crippen MR) is 98.9 cm³/mol. The summed E-state index contributed by atoms with van der Waals surface area (Å²) in [6.07, 6.45) is 5.99. The highest BCUT2D eigenvalue weighted by Gasteiger charge is 2.26. The summed E-state index contributed by atoms with van der Waals surface area (Å²) < 4.78 is 1.12. The first-order valence-corrected chi connectivity index (χ1v) is 9.39. The van der Waals surface area contributed by atoms with Gasteiger partial charge in [-0.15, -0.1) is 11.3 Å². The smallest absolute Gasteiger partial charge is 0.150 e. The van der Waals surface area contributed by atoms with Gasteiger partial charge in [0.1, 0.15) is 17.0 Å². The fourth-order valence-electron chi connectivity index (χ4n) is 3.83. The van der Waals surface area contributed by atoms with Crippen molar-refractivity contribution in [2.45, 2.75) is 45.6 Å². The summed E-state index contributed by atoms with van der Waals surface area (Å²) in [6, 6.07) is 2.48. The predicted octanol–water partition coefficient (Wildman–Crippen LogP) is 3.60. The number of fused-ring (bicyclic) bond motifs is 3. The van der Waals surface area contributed by atoms with Crippen LogP contribution in [0.3, 0.4) is 0 Å². The minimum atomic E-state index is 0.224. The van der Waals surface area contributed by atoms with E-state index in [1.807, 2.05) is 6.92 Å². The van der Waals surface area contributed by atoms with Gasteiger partial charge in [0.15, 0.2) is 0 Å². The summed E-state index contributed by atoms with van der Waals surface area (Å²) in [5.41, 5.74) is 3.27. The molecule has 3 aromatic rings. The number of hydrogen-bond donors (Lipinski definition) is 1. The van der Waals surface area contributed by atoms with Gasteiger partial charge in [-0.05, 0) is 51.2 Å². The second-order valence-electron chi connectivity index (χ2n) is 6.59. The van der Waals surface area contributed by atoms with Gasteiger partial charge in [-0.1, -0.05) is 0 Å². The minimum absolute atomic E-state index is 0.224. The van der Waals surface area contributed by atoms with Crippen molar-refractivity contribution in [3.63, 3.8) is 0 Å². The topological polar surface area (TPSA) is 62.1 Å². The van der Waals surface area contributed by atoms with E-state index in [0.717, 1.165) is 51.3 Å². The number of thiophene rings is 1. The van der Waals surface area contributed by atoms with Crippen LogP contribution < -0.4 is 4.90 Å². The lowest BCUT2D eigenvalue weighted by atomic mass is 9.99. The molecule has 1 aliphatic rings. The quantitative estimate of drug-likeness (QED) is 0.788. The van der Waals surface area contributed by atoms with Crippen LogP contribution in [0.5, 0.6) is 0 Å². The van der Waals surface area contributed by atoms with Crippen LogP contribution >= 0.6 is 11.3 Å². The summed E-state index contributed by atoms with van der Waals surface area (Å²) in [5.74, 6) is 1.01. The van der Waals surface area contributed by atoms with Crippen molar-refractivity contribution < 1.29 is 5.11 Å². The SMILES string of the molecule is Cc1cc(C)c2c(n1)sc1c(N3CCCCC3CCO)ncnc12. The molecule has 6 heteroatoms. The molecule has 0 bridgehead atoms. The molecule has 0 radical (unpaired) electrons. The molecule has 1 fully saturated rings. The number of rotatable bonds is 3. The molecule has 4 rings (SSSR count). The van der Waals surface area contributed by atoms with Gasteiger partial charge >= 0.3 is 0 Å². The van der Waals surface area contributed by atoms with Gasteiger partial charge in [-0.2, -0.15) is 0 Å². The van der Waals surface area contributed by atoms with Crippen molar-refractivity contribution in [3.05, 3.63) is 23.7 Å². The Kier molecular flexibility index (Phi) is 4.10. The lowest BCUT2D eigenvalue weighted by molar-refractivity contribution is 0.262. The van der Waals surface area contributed by atoms with Gasteiger partial charge in [-0.3, -0.25) is 0 Å². The number of hydrogen-bond acceptors (Lipinski definition) is 6. The minimum Gasteiger partial charge on any atom is -0.396 e. The van der Waals surface area contributed by atoms with E-state index in [-0.39, 0.29) is 6.61 Å². The Morgan fingerprint density at radius 1 is 1.29 bits per heavy atom. The molecule has 0 spiro atoms. The largest absolute Gasteiger partial charge is 0.396 e. The lowest BCUT2D eigenvalue weighted by Crippen LogP contribution is -2.40. The van der Waals surface area contributed by atoms with Crippen LogP contribution in [0.1, 0.15) is 36.9 Å². The third kappa shape index (κ3) is 2.54. The van der Waals surface area contributed by atoms with Crippen molar-refractivity contribution in [1.29, 1.82) is 0 Å². The molecule has 24 heavy (non-hydrogen) atoms. The highest BCUT2D eigenvalue weighted by Crippen LogP contribution is 2.39. The highest BCUT2D eigenvalue weighted by molar-refractivity contribution is 7.26. The zero-order valence-electron chi connectivity index (χ0n) is 14.1. The summed E-state index contributed by atoms with van der Waals surface area (Å²) >= 11 is 1.69. The van der Waals surface area contributed by atoms with Crippen molar-refractivity contribution in [2.24, 2.45) is 0 Å². The molecule has 1 saturated heterocycles. The zero-order valence-corrected chi connectivity index (χ0v) is 14.9. The standard InChI is InChI=1S/C18H22N4OS/c1-11-9-12(2)21-18-14(11)15-16(24-18)17(20-10-19-15)22-7-4-3-5-13(22)6-8-23/h9-10,13,23H,3-8H2,1-2H3. The Morgan fingerprint density at radius 2 is 2.17 bits per heavy atom. The van der Waals surface area contributed by atoms with Crippen LogP contribution in [0.2, 0.25) is 0 Å². The number of aryl methyl sites for hydroxylation is 2. The van der Waals surface area contributed by atoms with Gasteiger partial charge in [-0.25, -0.2) is 15.0 Å². The number of anilines is 1. The number of pyridine rings is 1. The molecular formula is C18H22N4OS. The normalized spacial score (nSPS) is 18.6. The average molecular weight is 342 g/mol. The van der Waals surface area contributed by atoms with Crippen molar-refractivity contribution >= 4 is 37.6 Å². The first-order chi connectivity index (χ1) is 11.7. The number of aliphatic hydroxyl groups excluding tert-OH is 1. The van der Waals surface area contributed by atoms with E-state index in [2.05, 4.69) is 27.9 Å². The average Bonchev–Trinajstić information content (AvgIpc) is 2.94. The molecule has 1 aliphatic heterocycles. The van der Waals surface area contributed by atoms with Gasteiger partial charge < -0.3 is 10.0 Å². The molecule has 5 nitrogen and oxygen atoms in total. The number of aromatic nitrogens is 3. The Balaban J connectivity index is 1.91. The molecule has 0 aromatic carbocycles. The van der Waals surface area contributed by atoms with E-state index in [0.29, 0.717) is 6.04 Å². The van der Waals surface area contributed by atoms with Crippen LogP contribution in [0, 0.1) is 13.8 Å². The third-order valence-electron chi connectivity index (χ3n) is 4.89. The van der Waals surface area contributed by atoms with Crippen LogP contribution in [-0.2, 0) is 0 Å². The highest BCUT2D eigenvalue weighted by atomic mass is 32.1. The summed E-state index contributed by atoms with van der Waals surface area (Å²) in [7, 11) is 0. The first kappa shape index (κ1) is 15.7. The Labute approximate surface area is 145 Å². The van der Waals surface area contributed by atoms with Crippen LogP contribution in [0.4, 0.5) is 5.82 Å². The maximum Gasteiger partial charge on any atom is 0.150 e. The van der Waals surface area contributed by atoms with Gasteiger partial charge in [0, 0.05) is 30.3 Å². The Bertz CT molecular complexity index is 889. The molecule has 0 saturated carbocycles. The lowest BCUT2D eigenvalue weighted by Gasteiger charge is -2.36. The maximum absolute atomic E-state index is 9.41. The van der Waals surface area contributed by atoms with Crippen LogP contribution in [-0.4, -0.2) is 39.3 Å². The van der Waals surface area contributed by atoms with Crippen molar-refractivity contribution in [2.75, 3.05) is 18.1 Å². The Morgan fingerprint density at radius 3 is 3.00 bits per heavy atom. The number of nitrogens with zero attached hydrogens (tertiary/aromatic N) is 4. The second kappa shape index (κ2) is 6.26. The van der Waals surface area contributed by atoms with E-state index in [4.69, 9.17) is 4.98 Å². The van der Waals surface area contributed by atoms with E-state index < -0.39 is 0 Å². The number of piperidine rings is 1. The Hall–Kier alpha value is -1.79. The van der Waals surface area contributed by atoms with Gasteiger partial charge in [0.2, 0.25) is 0 Å². The van der Waals surface area contributed by atoms with Crippen molar-refractivity contribution in [3.8, 4) is 0 Å². The van der Waals surface area contributed by atoms with Gasteiger partial charge in [0.05, 0.1) is 10.2 Å². The molecule has 1 atom stereocenters. The van der Waals surface area contributed by atoms with E-state index >= 15 is 0 Å². The summed E-state index contributed by atoms with van der Waals surface area (Å²) in [5, 5.41) is 10.6. The molecular weight excluding hydrogens is 320 g/mol. The summed E-state index contributed by atoms with van der Waals surface area (Å²) in [4.78, 5) is 17.3. The molecule has 4 heterocycles. The first-order valence-electron chi connectivity index (χ1n) is 8.58. The number of aliphatic hydroxyl groups is 1. The fourth-order valence-corrected chi connectivity index (χ4v) is 5.09. The zero-order chi connectivity index (χ0) is 16.7. The monoisotopic (exact) mass is 342 g/mol. The molecule has 126 valence electrons. The van der Waals surface area contributed by atoms with Crippen molar-refractivity contribution in [1.82, 2.24) is 15.0 Å². The molecule has 3 aromatic heterocycles. The van der Waals surface area contributed by atoms with E-state index in [1.54, 1.807) is 17.7 Å². The second-order valence-corrected chi connectivity index (χ2v) is 7.59. The molecule has 1 unspecified atom stereocenters. The van der Waals surface area contributed by atoms with Crippen LogP contribution in [0.25, 0.3) is 20.4 Å². The maximum atomic E-state index is 9.41. The fraction of sp³-hybridized carbons (Fsp3) is 0.500.